The maximum absolute atomic E-state index is 5.58. The number of hydrogen-bond acceptors (Lipinski definition) is 1. The summed E-state index contributed by atoms with van der Waals surface area (Å²) in [7, 11) is 0. The van der Waals surface area contributed by atoms with Gasteiger partial charge >= 0.3 is 0 Å². The van der Waals surface area contributed by atoms with Gasteiger partial charge in [-0.1, -0.05) is 48.6 Å². The number of hydrogen-bond donors (Lipinski definition) is 0. The van der Waals surface area contributed by atoms with Gasteiger partial charge in [0.25, 0.3) is 0 Å². The maximum Gasteiger partial charge on any atom is 0.0721 e. The van der Waals surface area contributed by atoms with E-state index in [1.165, 1.54) is 11.1 Å². The van der Waals surface area contributed by atoms with E-state index in [0.717, 1.165) is 0 Å². The number of allylic oxidation sites excluding steroid dienone is 3. The first-order valence-corrected chi connectivity index (χ1v) is 5.23. The third-order valence-corrected chi connectivity index (χ3v) is 2.01. The Balaban J connectivity index is 2.28. The van der Waals surface area contributed by atoms with Gasteiger partial charge in [0.1, 0.15) is 0 Å². The fraction of sp³-hybridized carbons (Fsp3) is 0.286. The van der Waals surface area contributed by atoms with Crippen LogP contribution < -0.4 is 0 Å². The van der Waals surface area contributed by atoms with Gasteiger partial charge in [-0.05, 0) is 25.0 Å². The number of rotatable bonds is 5. The van der Waals surface area contributed by atoms with Crippen molar-refractivity contribution in [3.63, 3.8) is 0 Å². The molecule has 1 aromatic rings. The molecule has 0 saturated carbocycles. The highest BCUT2D eigenvalue weighted by atomic mass is 16.5. The third-order valence-electron chi connectivity index (χ3n) is 2.01. The molecule has 1 aromatic carbocycles. The molecule has 0 saturated heterocycles. The summed E-state index contributed by atoms with van der Waals surface area (Å²) in [6.07, 6.45) is 6.12. The van der Waals surface area contributed by atoms with Gasteiger partial charge < -0.3 is 4.74 Å². The minimum atomic E-state index is 0.682. The van der Waals surface area contributed by atoms with Crippen LogP contribution in [0.15, 0.2) is 54.1 Å². The molecule has 1 heteroatoms. The van der Waals surface area contributed by atoms with Crippen molar-refractivity contribution in [3.8, 4) is 0 Å². The monoisotopic (exact) mass is 202 g/mol. The molecule has 1 rings (SSSR count). The van der Waals surface area contributed by atoms with Crippen molar-refractivity contribution >= 4 is 0 Å². The highest BCUT2D eigenvalue weighted by Crippen LogP contribution is 2.02. The van der Waals surface area contributed by atoms with Crippen molar-refractivity contribution in [2.75, 3.05) is 6.61 Å². The van der Waals surface area contributed by atoms with Gasteiger partial charge in [0.05, 0.1) is 13.2 Å². The van der Waals surface area contributed by atoms with Gasteiger partial charge in [-0.15, -0.1) is 0 Å². The highest BCUT2D eigenvalue weighted by Gasteiger charge is 1.92. The van der Waals surface area contributed by atoms with Crippen LogP contribution in [0.3, 0.4) is 0 Å². The summed E-state index contributed by atoms with van der Waals surface area (Å²) in [5.41, 5.74) is 2.46. The van der Waals surface area contributed by atoms with E-state index in [-0.39, 0.29) is 0 Å². The molecule has 0 aliphatic heterocycles. The van der Waals surface area contributed by atoms with Crippen molar-refractivity contribution in [1.82, 2.24) is 0 Å². The SMILES string of the molecule is CC=CC=C(C)COCc1ccccc1. The highest BCUT2D eigenvalue weighted by molar-refractivity contribution is 5.14. The Hall–Kier alpha value is -1.34. The second-order valence-corrected chi connectivity index (χ2v) is 3.52. The Morgan fingerprint density at radius 1 is 1.27 bits per heavy atom. The summed E-state index contributed by atoms with van der Waals surface area (Å²) < 4.78 is 5.58. The van der Waals surface area contributed by atoms with Crippen LogP contribution in [0.1, 0.15) is 19.4 Å². The molecule has 0 aliphatic rings. The maximum atomic E-state index is 5.58. The Morgan fingerprint density at radius 2 is 2.00 bits per heavy atom. The lowest BCUT2D eigenvalue weighted by Gasteiger charge is -2.03. The lowest BCUT2D eigenvalue weighted by atomic mass is 10.2. The minimum absolute atomic E-state index is 0.682. The van der Waals surface area contributed by atoms with E-state index in [2.05, 4.69) is 25.1 Å². The van der Waals surface area contributed by atoms with E-state index in [9.17, 15) is 0 Å². The Kier molecular flexibility index (Phi) is 5.49. The molecule has 0 radical (unpaired) electrons. The van der Waals surface area contributed by atoms with Crippen LogP contribution in [-0.2, 0) is 11.3 Å². The van der Waals surface area contributed by atoms with E-state index in [4.69, 9.17) is 4.74 Å². The zero-order valence-corrected chi connectivity index (χ0v) is 9.44. The van der Waals surface area contributed by atoms with Gasteiger partial charge in [-0.2, -0.15) is 0 Å². The van der Waals surface area contributed by atoms with Crippen LogP contribution in [0, 0.1) is 0 Å². The zero-order valence-electron chi connectivity index (χ0n) is 9.44. The lowest BCUT2D eigenvalue weighted by Crippen LogP contribution is -1.96. The lowest BCUT2D eigenvalue weighted by molar-refractivity contribution is 0.142. The second kappa shape index (κ2) is 7.02. The van der Waals surface area contributed by atoms with Crippen LogP contribution in [0.5, 0.6) is 0 Å². The molecule has 15 heavy (non-hydrogen) atoms. The van der Waals surface area contributed by atoms with Crippen molar-refractivity contribution < 1.29 is 4.74 Å². The first-order valence-electron chi connectivity index (χ1n) is 5.23. The topological polar surface area (TPSA) is 9.23 Å². The van der Waals surface area contributed by atoms with Crippen molar-refractivity contribution in [2.45, 2.75) is 20.5 Å². The average molecular weight is 202 g/mol. The first kappa shape index (κ1) is 11.7. The van der Waals surface area contributed by atoms with Crippen LogP contribution >= 0.6 is 0 Å². The van der Waals surface area contributed by atoms with Crippen LogP contribution in [0.25, 0.3) is 0 Å². The molecule has 0 fully saturated rings. The van der Waals surface area contributed by atoms with E-state index in [1.54, 1.807) is 0 Å². The predicted octanol–water partition coefficient (Wildman–Crippen LogP) is 3.73. The molecular weight excluding hydrogens is 184 g/mol. The summed E-state index contributed by atoms with van der Waals surface area (Å²) in [5.74, 6) is 0. The summed E-state index contributed by atoms with van der Waals surface area (Å²) >= 11 is 0. The van der Waals surface area contributed by atoms with E-state index in [0.29, 0.717) is 13.2 Å². The molecule has 0 unspecified atom stereocenters. The third kappa shape index (κ3) is 5.18. The van der Waals surface area contributed by atoms with E-state index < -0.39 is 0 Å². The standard InChI is InChI=1S/C14H18O/c1-3-4-8-13(2)11-15-12-14-9-6-5-7-10-14/h3-10H,11-12H2,1-2H3. The number of benzene rings is 1. The Labute approximate surface area is 92.1 Å². The molecule has 0 aliphatic carbocycles. The smallest absolute Gasteiger partial charge is 0.0721 e. The summed E-state index contributed by atoms with van der Waals surface area (Å²) in [5, 5.41) is 0. The molecule has 80 valence electrons. The molecule has 0 amide bonds. The normalized spacial score (nSPS) is 12.3. The van der Waals surface area contributed by atoms with Gasteiger partial charge in [-0.25, -0.2) is 0 Å². The van der Waals surface area contributed by atoms with Gasteiger partial charge in [0.15, 0.2) is 0 Å². The molecule has 1 nitrogen and oxygen atoms in total. The molecule has 0 atom stereocenters. The fourth-order valence-electron chi connectivity index (χ4n) is 1.21. The van der Waals surface area contributed by atoms with Crippen molar-refractivity contribution in [2.24, 2.45) is 0 Å². The van der Waals surface area contributed by atoms with E-state index in [1.807, 2.05) is 37.3 Å². The summed E-state index contributed by atoms with van der Waals surface area (Å²) in [4.78, 5) is 0. The number of ether oxygens (including phenoxy) is 1. The molecule has 0 spiro atoms. The minimum Gasteiger partial charge on any atom is -0.372 e. The van der Waals surface area contributed by atoms with Crippen molar-refractivity contribution in [1.29, 1.82) is 0 Å². The Bertz CT molecular complexity index is 322. The van der Waals surface area contributed by atoms with Gasteiger partial charge in [0.2, 0.25) is 0 Å². The molecular formula is C14H18O. The fourth-order valence-corrected chi connectivity index (χ4v) is 1.21. The first-order chi connectivity index (χ1) is 7.33. The summed E-state index contributed by atoms with van der Waals surface area (Å²) in [6, 6.07) is 10.2. The van der Waals surface area contributed by atoms with Crippen LogP contribution in [0.4, 0.5) is 0 Å². The molecule has 0 N–H and O–H groups in total. The summed E-state index contributed by atoms with van der Waals surface area (Å²) in [6.45, 7) is 5.46. The molecule has 0 bridgehead atoms. The quantitative estimate of drug-likeness (QED) is 0.661. The van der Waals surface area contributed by atoms with Gasteiger partial charge in [0, 0.05) is 0 Å². The zero-order chi connectivity index (χ0) is 10.9. The van der Waals surface area contributed by atoms with Crippen LogP contribution in [0.2, 0.25) is 0 Å². The van der Waals surface area contributed by atoms with Crippen LogP contribution in [-0.4, -0.2) is 6.61 Å². The van der Waals surface area contributed by atoms with E-state index >= 15 is 0 Å². The Morgan fingerprint density at radius 3 is 2.67 bits per heavy atom. The predicted molar refractivity (Wildman–Crippen MR) is 64.7 cm³/mol. The second-order valence-electron chi connectivity index (χ2n) is 3.52. The van der Waals surface area contributed by atoms with Gasteiger partial charge in [-0.3, -0.25) is 0 Å². The molecule has 0 heterocycles. The average Bonchev–Trinajstić information content (AvgIpc) is 2.28. The largest absolute Gasteiger partial charge is 0.372 e. The van der Waals surface area contributed by atoms with Crippen molar-refractivity contribution in [3.05, 3.63) is 59.7 Å². The molecule has 0 aromatic heterocycles.